The van der Waals surface area contributed by atoms with Gasteiger partial charge in [0, 0.05) is 13.7 Å². The lowest BCUT2D eigenvalue weighted by Gasteiger charge is -2.14. The van der Waals surface area contributed by atoms with Crippen LogP contribution in [0.3, 0.4) is 0 Å². The number of halogens is 1. The van der Waals surface area contributed by atoms with Gasteiger partial charge in [-0.3, -0.25) is 0 Å². The van der Waals surface area contributed by atoms with E-state index in [0.717, 1.165) is 27.3 Å². The molecule has 0 aromatic carbocycles. The van der Waals surface area contributed by atoms with Crippen molar-refractivity contribution in [3.05, 3.63) is 15.1 Å². The van der Waals surface area contributed by atoms with Crippen molar-refractivity contribution in [3.8, 4) is 0 Å². The first-order valence-corrected chi connectivity index (χ1v) is 6.57. The van der Waals surface area contributed by atoms with Crippen molar-refractivity contribution in [1.82, 2.24) is 9.97 Å². The quantitative estimate of drug-likeness (QED) is 0.841. The lowest BCUT2D eigenvalue weighted by molar-refractivity contribution is 0.0699. The van der Waals surface area contributed by atoms with Crippen molar-refractivity contribution >= 4 is 28.4 Å². The highest BCUT2D eigenvalue weighted by Gasteiger charge is 2.14. The summed E-state index contributed by atoms with van der Waals surface area (Å²) >= 11 is 2.27. The number of aromatic nitrogens is 2. The van der Waals surface area contributed by atoms with E-state index in [1.807, 2.05) is 20.9 Å². The van der Waals surface area contributed by atoms with E-state index in [9.17, 15) is 0 Å². The van der Waals surface area contributed by atoms with Crippen LogP contribution in [0, 0.1) is 3.57 Å². The Morgan fingerprint density at radius 2 is 2.06 bits per heavy atom. The van der Waals surface area contributed by atoms with Gasteiger partial charge < -0.3 is 10.1 Å². The lowest BCUT2D eigenvalue weighted by Crippen LogP contribution is -2.11. The van der Waals surface area contributed by atoms with E-state index in [1.165, 1.54) is 0 Å². The van der Waals surface area contributed by atoms with E-state index in [0.29, 0.717) is 6.61 Å². The zero-order valence-corrected chi connectivity index (χ0v) is 12.3. The van der Waals surface area contributed by atoms with Gasteiger partial charge in [0.25, 0.3) is 0 Å². The van der Waals surface area contributed by atoms with Crippen LogP contribution in [0.15, 0.2) is 0 Å². The Hall–Kier alpha value is -0.430. The number of ether oxygens (including phenoxy) is 1. The van der Waals surface area contributed by atoms with Crippen molar-refractivity contribution in [3.63, 3.8) is 0 Å². The molecule has 0 saturated heterocycles. The van der Waals surface area contributed by atoms with Crippen molar-refractivity contribution < 1.29 is 4.74 Å². The average molecular weight is 335 g/mol. The smallest absolute Gasteiger partial charge is 0.159 e. The largest absolute Gasteiger partial charge is 0.372 e. The van der Waals surface area contributed by atoms with Gasteiger partial charge in [-0.1, -0.05) is 6.92 Å². The SMILES string of the molecule is CCOC(C)c1nc(CC)c(I)c(NC)n1. The zero-order valence-electron chi connectivity index (χ0n) is 10.2. The van der Waals surface area contributed by atoms with Gasteiger partial charge in [-0.05, 0) is 42.9 Å². The molecule has 0 aliphatic heterocycles. The molecule has 0 bridgehead atoms. The maximum atomic E-state index is 5.51. The van der Waals surface area contributed by atoms with Gasteiger partial charge in [0.05, 0.1) is 9.26 Å². The maximum absolute atomic E-state index is 5.51. The predicted molar refractivity (Wildman–Crippen MR) is 73.7 cm³/mol. The lowest BCUT2D eigenvalue weighted by atomic mass is 10.3. The van der Waals surface area contributed by atoms with Gasteiger partial charge in [0.1, 0.15) is 11.9 Å². The second-order valence-electron chi connectivity index (χ2n) is 3.39. The van der Waals surface area contributed by atoms with E-state index < -0.39 is 0 Å². The average Bonchev–Trinajstić information content (AvgIpc) is 2.29. The van der Waals surface area contributed by atoms with Crippen LogP contribution in [0.4, 0.5) is 5.82 Å². The molecule has 0 aliphatic rings. The van der Waals surface area contributed by atoms with Crippen LogP contribution in [-0.2, 0) is 11.2 Å². The summed E-state index contributed by atoms with van der Waals surface area (Å²) in [5.74, 6) is 1.64. The molecule has 1 rings (SSSR count). The molecule has 1 unspecified atom stereocenters. The highest BCUT2D eigenvalue weighted by molar-refractivity contribution is 14.1. The molecule has 4 nitrogen and oxygen atoms in total. The van der Waals surface area contributed by atoms with Crippen LogP contribution >= 0.6 is 22.6 Å². The summed E-state index contributed by atoms with van der Waals surface area (Å²) in [5.41, 5.74) is 1.07. The van der Waals surface area contributed by atoms with Gasteiger partial charge in [-0.15, -0.1) is 0 Å². The van der Waals surface area contributed by atoms with Crippen molar-refractivity contribution in [2.24, 2.45) is 0 Å². The Labute approximate surface area is 110 Å². The summed E-state index contributed by atoms with van der Waals surface area (Å²) < 4.78 is 6.60. The van der Waals surface area contributed by atoms with Crippen LogP contribution in [-0.4, -0.2) is 23.6 Å². The minimum Gasteiger partial charge on any atom is -0.372 e. The summed E-state index contributed by atoms with van der Waals surface area (Å²) in [6, 6.07) is 0. The van der Waals surface area contributed by atoms with E-state index in [2.05, 4.69) is 44.8 Å². The molecule has 0 spiro atoms. The van der Waals surface area contributed by atoms with E-state index in [4.69, 9.17) is 4.74 Å². The van der Waals surface area contributed by atoms with Crippen LogP contribution < -0.4 is 5.32 Å². The Morgan fingerprint density at radius 3 is 2.56 bits per heavy atom. The predicted octanol–water partition coefficient (Wildman–Crippen LogP) is 2.78. The molecule has 0 amide bonds. The topological polar surface area (TPSA) is 47.0 Å². The summed E-state index contributed by atoms with van der Waals surface area (Å²) in [4.78, 5) is 9.00. The zero-order chi connectivity index (χ0) is 12.1. The first kappa shape index (κ1) is 13.6. The standard InChI is InChI=1S/C11H18IN3O/c1-5-8-9(12)11(13-4)15-10(14-8)7(3)16-6-2/h7H,5-6H2,1-4H3,(H,13,14,15). The first-order valence-electron chi connectivity index (χ1n) is 5.49. The summed E-state index contributed by atoms with van der Waals surface area (Å²) in [7, 11) is 1.87. The number of aryl methyl sites for hydroxylation is 1. The van der Waals surface area contributed by atoms with Crippen LogP contribution in [0.2, 0.25) is 0 Å². The molecule has 0 radical (unpaired) electrons. The van der Waals surface area contributed by atoms with Crippen molar-refractivity contribution in [2.45, 2.75) is 33.3 Å². The van der Waals surface area contributed by atoms with Gasteiger partial charge in [0.15, 0.2) is 5.82 Å². The van der Waals surface area contributed by atoms with Crippen molar-refractivity contribution in [2.75, 3.05) is 19.0 Å². The highest BCUT2D eigenvalue weighted by atomic mass is 127. The normalized spacial score (nSPS) is 12.6. The molecule has 16 heavy (non-hydrogen) atoms. The summed E-state index contributed by atoms with van der Waals surface area (Å²) in [6.45, 7) is 6.72. The molecule has 90 valence electrons. The minimum absolute atomic E-state index is 0.0561. The number of nitrogens with one attached hydrogen (secondary N) is 1. The van der Waals surface area contributed by atoms with E-state index in [-0.39, 0.29) is 6.10 Å². The third-order valence-corrected chi connectivity index (χ3v) is 3.42. The van der Waals surface area contributed by atoms with E-state index >= 15 is 0 Å². The molecule has 1 atom stereocenters. The Bertz CT molecular complexity index is 332. The Morgan fingerprint density at radius 1 is 1.38 bits per heavy atom. The number of anilines is 1. The third kappa shape index (κ3) is 3.04. The monoisotopic (exact) mass is 335 g/mol. The fourth-order valence-corrected chi connectivity index (χ4v) is 2.31. The van der Waals surface area contributed by atoms with E-state index in [1.54, 1.807) is 0 Å². The Kier molecular flexibility index (Phi) is 5.40. The number of nitrogens with zero attached hydrogens (tertiary/aromatic N) is 2. The molecule has 5 heteroatoms. The second-order valence-corrected chi connectivity index (χ2v) is 4.47. The van der Waals surface area contributed by atoms with Crippen LogP contribution in [0.5, 0.6) is 0 Å². The fraction of sp³-hybridized carbons (Fsp3) is 0.636. The molecule has 0 fully saturated rings. The maximum Gasteiger partial charge on any atom is 0.159 e. The van der Waals surface area contributed by atoms with Gasteiger partial charge >= 0.3 is 0 Å². The van der Waals surface area contributed by atoms with Gasteiger partial charge in [0.2, 0.25) is 0 Å². The molecule has 0 aliphatic carbocycles. The molecular weight excluding hydrogens is 317 g/mol. The Balaban J connectivity index is 3.11. The molecule has 1 aromatic heterocycles. The van der Waals surface area contributed by atoms with Gasteiger partial charge in [-0.2, -0.15) is 0 Å². The molecule has 0 saturated carbocycles. The highest BCUT2D eigenvalue weighted by Crippen LogP contribution is 2.22. The molecular formula is C11H18IN3O. The van der Waals surface area contributed by atoms with Crippen molar-refractivity contribution in [1.29, 1.82) is 0 Å². The minimum atomic E-state index is -0.0561. The summed E-state index contributed by atoms with van der Waals surface area (Å²) in [6.07, 6.45) is 0.848. The van der Waals surface area contributed by atoms with Gasteiger partial charge in [-0.25, -0.2) is 9.97 Å². The second kappa shape index (κ2) is 6.34. The number of hydrogen-bond donors (Lipinski definition) is 1. The molecule has 1 aromatic rings. The molecule has 1 heterocycles. The number of hydrogen-bond acceptors (Lipinski definition) is 4. The summed E-state index contributed by atoms with van der Waals surface area (Å²) in [5, 5.41) is 3.09. The van der Waals surface area contributed by atoms with Crippen LogP contribution in [0.25, 0.3) is 0 Å². The fourth-order valence-electron chi connectivity index (χ4n) is 1.42. The molecule has 1 N–H and O–H groups in total. The number of rotatable bonds is 5. The first-order chi connectivity index (χ1) is 7.63. The third-order valence-electron chi connectivity index (χ3n) is 2.29. The van der Waals surface area contributed by atoms with Crippen LogP contribution in [0.1, 0.15) is 38.4 Å².